The van der Waals surface area contributed by atoms with Crippen molar-refractivity contribution >= 4 is 26.1 Å². The Bertz CT molecular complexity index is 431. The maximum absolute atomic E-state index is 11.1. The minimum absolute atomic E-state index is 0.207. The lowest BCUT2D eigenvalue weighted by molar-refractivity contribution is 0.555. The third-order valence-corrected chi connectivity index (χ3v) is 4.53. The molecule has 0 aromatic rings. The van der Waals surface area contributed by atoms with Gasteiger partial charge in [0, 0.05) is 5.75 Å². The van der Waals surface area contributed by atoms with Crippen LogP contribution in [0, 0.1) is 0 Å². The van der Waals surface area contributed by atoms with Crippen molar-refractivity contribution in [3.05, 3.63) is 0 Å². The highest BCUT2D eigenvalue weighted by molar-refractivity contribution is 7.94. The Labute approximate surface area is 82.3 Å². The van der Waals surface area contributed by atoms with Gasteiger partial charge in [-0.1, -0.05) is 11.3 Å². The molecular formula is C5H10N2O5S2. The van der Waals surface area contributed by atoms with Gasteiger partial charge < -0.3 is 0 Å². The molecule has 0 aliphatic rings. The van der Waals surface area contributed by atoms with Gasteiger partial charge in [-0.3, -0.25) is 0 Å². The van der Waals surface area contributed by atoms with Gasteiger partial charge in [-0.25, -0.2) is 13.2 Å². The van der Waals surface area contributed by atoms with Gasteiger partial charge in [0.1, 0.15) is 5.37 Å². The first-order valence-electron chi connectivity index (χ1n) is 3.58. The highest BCUT2D eigenvalue weighted by Gasteiger charge is 2.23. The van der Waals surface area contributed by atoms with Gasteiger partial charge >= 0.3 is 10.2 Å². The first-order valence-corrected chi connectivity index (χ1v) is 6.73. The Hall–Kier alpha value is -0.760. The summed E-state index contributed by atoms with van der Waals surface area (Å²) in [5, 5.41) is -1.31. The van der Waals surface area contributed by atoms with Crippen LogP contribution in [-0.2, 0) is 24.8 Å². The fourth-order valence-electron chi connectivity index (χ4n) is 0.608. The van der Waals surface area contributed by atoms with E-state index in [2.05, 4.69) is 4.40 Å². The third kappa shape index (κ3) is 3.97. The van der Waals surface area contributed by atoms with E-state index in [0.717, 1.165) is 13.0 Å². The fourth-order valence-corrected chi connectivity index (χ4v) is 2.63. The van der Waals surface area contributed by atoms with Crippen LogP contribution >= 0.6 is 0 Å². The zero-order valence-corrected chi connectivity index (χ0v) is 9.22. The topological polar surface area (TPSA) is 110 Å². The van der Waals surface area contributed by atoms with Crippen molar-refractivity contribution in [2.24, 2.45) is 4.40 Å². The van der Waals surface area contributed by atoms with Gasteiger partial charge in [0.05, 0.1) is 0 Å². The molecule has 0 aliphatic heterocycles. The molecule has 0 aromatic carbocycles. The van der Waals surface area contributed by atoms with Crippen LogP contribution in [0.2, 0.25) is 0 Å². The first-order chi connectivity index (χ1) is 6.25. The molecule has 14 heavy (non-hydrogen) atoms. The molecule has 0 saturated carbocycles. The zero-order valence-electron chi connectivity index (χ0n) is 7.59. The van der Waals surface area contributed by atoms with Gasteiger partial charge in [-0.15, -0.1) is 0 Å². The summed E-state index contributed by atoms with van der Waals surface area (Å²) in [4.78, 5) is 9.66. The molecule has 9 heteroatoms. The van der Waals surface area contributed by atoms with Gasteiger partial charge in [0.2, 0.25) is 0 Å². The Morgan fingerprint density at radius 1 is 1.36 bits per heavy atom. The Balaban J connectivity index is 4.82. The quantitative estimate of drug-likeness (QED) is 0.488. The molecular weight excluding hydrogens is 232 g/mol. The van der Waals surface area contributed by atoms with E-state index in [1.54, 1.807) is 4.72 Å². The highest BCUT2D eigenvalue weighted by Crippen LogP contribution is 2.00. The van der Waals surface area contributed by atoms with Crippen LogP contribution in [0.5, 0.6) is 0 Å². The number of nitrogens with one attached hydrogen (secondary N) is 1. The van der Waals surface area contributed by atoms with E-state index in [-0.39, 0.29) is 5.75 Å². The second-order valence-electron chi connectivity index (χ2n) is 2.37. The molecule has 0 aromatic heterocycles. The molecule has 0 radical (unpaired) electrons. The normalized spacial score (nSPS) is 14.4. The average molecular weight is 242 g/mol. The standard InChI is InChI=1S/C5H10N2O5S2/c1-3-13(9,10)5(2)7-14(11,12)6-4-8/h5,7H,3H2,1-2H3. The van der Waals surface area contributed by atoms with Crippen LogP contribution in [0.25, 0.3) is 0 Å². The van der Waals surface area contributed by atoms with Crippen LogP contribution in [0.4, 0.5) is 0 Å². The van der Waals surface area contributed by atoms with Crippen molar-refractivity contribution in [1.82, 2.24) is 4.72 Å². The number of carbonyl (C=O) groups excluding carboxylic acids is 1. The van der Waals surface area contributed by atoms with Crippen LogP contribution < -0.4 is 4.72 Å². The van der Waals surface area contributed by atoms with Gasteiger partial charge in [-0.05, 0) is 6.92 Å². The first kappa shape index (κ1) is 13.2. The van der Waals surface area contributed by atoms with Gasteiger partial charge in [0.15, 0.2) is 9.84 Å². The van der Waals surface area contributed by atoms with Gasteiger partial charge in [0.25, 0.3) is 6.08 Å². The van der Waals surface area contributed by atoms with Gasteiger partial charge in [-0.2, -0.15) is 13.1 Å². The highest BCUT2D eigenvalue weighted by atomic mass is 32.2. The zero-order chi connectivity index (χ0) is 11.4. The second-order valence-corrected chi connectivity index (χ2v) is 6.35. The maximum Gasteiger partial charge on any atom is 0.331 e. The molecule has 1 unspecified atom stereocenters. The number of isocyanates is 1. The van der Waals surface area contributed by atoms with E-state index in [0.29, 0.717) is 0 Å². The average Bonchev–Trinajstić information content (AvgIpc) is 2.03. The fraction of sp³-hybridized carbons (Fsp3) is 0.800. The second kappa shape index (κ2) is 4.65. The molecule has 0 saturated heterocycles. The molecule has 82 valence electrons. The van der Waals surface area contributed by atoms with Crippen LogP contribution in [-0.4, -0.2) is 34.0 Å². The Morgan fingerprint density at radius 2 is 1.86 bits per heavy atom. The number of nitrogens with zero attached hydrogens (tertiary/aromatic N) is 1. The Kier molecular flexibility index (Phi) is 4.40. The van der Waals surface area contributed by atoms with Crippen molar-refractivity contribution in [2.45, 2.75) is 19.2 Å². The SMILES string of the molecule is CCS(=O)(=O)C(C)NS(=O)(=O)N=C=O. The summed E-state index contributed by atoms with van der Waals surface area (Å²) in [6, 6.07) is 0. The van der Waals surface area contributed by atoms with Crippen molar-refractivity contribution < 1.29 is 21.6 Å². The molecule has 7 nitrogen and oxygen atoms in total. The third-order valence-electron chi connectivity index (χ3n) is 1.41. The smallest absolute Gasteiger partial charge is 0.227 e. The number of hydrogen-bond donors (Lipinski definition) is 1. The summed E-state index contributed by atoms with van der Waals surface area (Å²) in [5.41, 5.74) is 0. The summed E-state index contributed by atoms with van der Waals surface area (Å²) in [6.45, 7) is 2.53. The summed E-state index contributed by atoms with van der Waals surface area (Å²) >= 11 is 0. The van der Waals surface area contributed by atoms with Crippen molar-refractivity contribution in [3.8, 4) is 0 Å². The molecule has 0 aliphatic carbocycles. The number of rotatable bonds is 5. The summed E-state index contributed by atoms with van der Waals surface area (Å²) in [6.07, 6.45) is 0.813. The molecule has 0 heterocycles. The number of hydrogen-bond acceptors (Lipinski definition) is 5. The molecule has 0 amide bonds. The minimum Gasteiger partial charge on any atom is -0.227 e. The van der Waals surface area contributed by atoms with Crippen LogP contribution in [0.15, 0.2) is 4.40 Å². The summed E-state index contributed by atoms with van der Waals surface area (Å²) in [5.74, 6) is -0.207. The largest absolute Gasteiger partial charge is 0.331 e. The van der Waals surface area contributed by atoms with E-state index in [4.69, 9.17) is 0 Å². The van der Waals surface area contributed by atoms with Crippen molar-refractivity contribution in [2.75, 3.05) is 5.75 Å². The summed E-state index contributed by atoms with van der Waals surface area (Å²) in [7, 11) is -7.78. The molecule has 0 fully saturated rings. The van der Waals surface area contributed by atoms with Crippen molar-refractivity contribution in [3.63, 3.8) is 0 Å². The molecule has 0 rings (SSSR count). The monoisotopic (exact) mass is 242 g/mol. The molecule has 1 atom stereocenters. The van der Waals surface area contributed by atoms with E-state index in [1.807, 2.05) is 0 Å². The molecule has 0 bridgehead atoms. The lowest BCUT2D eigenvalue weighted by Crippen LogP contribution is -2.38. The lowest BCUT2D eigenvalue weighted by atomic mass is 10.8. The predicted octanol–water partition coefficient (Wildman–Crippen LogP) is -1.06. The lowest BCUT2D eigenvalue weighted by Gasteiger charge is -2.10. The maximum atomic E-state index is 11.1. The van der Waals surface area contributed by atoms with E-state index in [1.165, 1.54) is 6.92 Å². The van der Waals surface area contributed by atoms with Crippen LogP contribution in [0.3, 0.4) is 0 Å². The minimum atomic E-state index is -4.25. The molecule has 0 spiro atoms. The summed E-state index contributed by atoms with van der Waals surface area (Å²) < 4.78 is 48.0. The van der Waals surface area contributed by atoms with Crippen LogP contribution in [0.1, 0.15) is 13.8 Å². The molecule has 1 N–H and O–H groups in total. The number of sulfone groups is 1. The van der Waals surface area contributed by atoms with E-state index in [9.17, 15) is 21.6 Å². The van der Waals surface area contributed by atoms with E-state index >= 15 is 0 Å². The van der Waals surface area contributed by atoms with E-state index < -0.39 is 25.4 Å². The predicted molar refractivity (Wildman–Crippen MR) is 49.1 cm³/mol. The Morgan fingerprint density at radius 3 is 2.21 bits per heavy atom. The van der Waals surface area contributed by atoms with Crippen molar-refractivity contribution in [1.29, 1.82) is 0 Å².